The zero-order valence-corrected chi connectivity index (χ0v) is 8.48. The SMILES string of the molecule is Cc1ccc(S(N)(=O)=O)c(Cl)c1N. The number of primary sulfonamides is 1. The van der Waals surface area contributed by atoms with E-state index in [1.165, 1.54) is 6.07 Å². The Labute approximate surface area is 81.5 Å². The molecule has 0 fully saturated rings. The van der Waals surface area contributed by atoms with E-state index in [2.05, 4.69) is 0 Å². The van der Waals surface area contributed by atoms with Gasteiger partial charge in [-0.05, 0) is 18.6 Å². The predicted molar refractivity (Wildman–Crippen MR) is 52.0 cm³/mol. The Kier molecular flexibility index (Phi) is 2.51. The molecule has 4 N–H and O–H groups in total. The van der Waals surface area contributed by atoms with Crippen molar-refractivity contribution in [1.29, 1.82) is 0 Å². The van der Waals surface area contributed by atoms with Gasteiger partial charge < -0.3 is 5.73 Å². The summed E-state index contributed by atoms with van der Waals surface area (Å²) < 4.78 is 21.9. The molecule has 0 aliphatic heterocycles. The Balaban J connectivity index is 3.53. The van der Waals surface area contributed by atoms with E-state index in [0.29, 0.717) is 0 Å². The Hall–Kier alpha value is -0.780. The Morgan fingerprint density at radius 3 is 2.38 bits per heavy atom. The molecule has 0 aliphatic carbocycles. The first-order valence-electron chi connectivity index (χ1n) is 3.41. The molecule has 0 aromatic heterocycles. The number of anilines is 1. The largest absolute Gasteiger partial charge is 0.397 e. The molecule has 0 aliphatic rings. The summed E-state index contributed by atoms with van der Waals surface area (Å²) in [6, 6.07) is 2.89. The number of nitrogen functional groups attached to an aromatic ring is 1. The molecule has 0 radical (unpaired) electrons. The summed E-state index contributed by atoms with van der Waals surface area (Å²) in [5, 5.41) is 4.90. The lowest BCUT2D eigenvalue weighted by molar-refractivity contribution is 0.598. The lowest BCUT2D eigenvalue weighted by Gasteiger charge is -2.06. The third-order valence-electron chi connectivity index (χ3n) is 1.67. The summed E-state index contributed by atoms with van der Waals surface area (Å²) in [7, 11) is -3.78. The van der Waals surface area contributed by atoms with E-state index in [9.17, 15) is 8.42 Å². The summed E-state index contributed by atoms with van der Waals surface area (Å²) in [4.78, 5) is -0.141. The van der Waals surface area contributed by atoms with Gasteiger partial charge in [-0.2, -0.15) is 0 Å². The molecular formula is C7H9ClN2O2S. The second-order valence-corrected chi connectivity index (χ2v) is 4.56. The molecular weight excluding hydrogens is 212 g/mol. The summed E-state index contributed by atoms with van der Waals surface area (Å²) in [5.74, 6) is 0. The zero-order valence-electron chi connectivity index (χ0n) is 6.91. The van der Waals surface area contributed by atoms with Gasteiger partial charge in [0.1, 0.15) is 4.90 Å². The minimum absolute atomic E-state index is 0.0116. The van der Waals surface area contributed by atoms with Crippen LogP contribution in [0.3, 0.4) is 0 Å². The van der Waals surface area contributed by atoms with Crippen molar-refractivity contribution in [3.63, 3.8) is 0 Å². The molecule has 0 bridgehead atoms. The minimum atomic E-state index is -3.78. The lowest BCUT2D eigenvalue weighted by Crippen LogP contribution is -2.13. The fourth-order valence-electron chi connectivity index (χ4n) is 0.889. The van der Waals surface area contributed by atoms with Gasteiger partial charge in [-0.3, -0.25) is 0 Å². The van der Waals surface area contributed by atoms with Crippen molar-refractivity contribution in [1.82, 2.24) is 0 Å². The maximum absolute atomic E-state index is 11.0. The second-order valence-electron chi connectivity index (χ2n) is 2.65. The maximum Gasteiger partial charge on any atom is 0.239 e. The van der Waals surface area contributed by atoms with E-state index in [1.54, 1.807) is 13.0 Å². The van der Waals surface area contributed by atoms with Crippen LogP contribution in [-0.4, -0.2) is 8.42 Å². The molecule has 1 rings (SSSR count). The third kappa shape index (κ3) is 1.93. The molecule has 1 aromatic rings. The predicted octanol–water partition coefficient (Wildman–Crippen LogP) is 0.878. The first-order chi connectivity index (χ1) is 5.84. The summed E-state index contributed by atoms with van der Waals surface area (Å²) in [6.45, 7) is 1.73. The summed E-state index contributed by atoms with van der Waals surface area (Å²) in [6.07, 6.45) is 0. The number of hydrogen-bond acceptors (Lipinski definition) is 3. The van der Waals surface area contributed by atoms with Crippen molar-refractivity contribution in [3.05, 3.63) is 22.7 Å². The minimum Gasteiger partial charge on any atom is -0.397 e. The van der Waals surface area contributed by atoms with E-state index in [0.717, 1.165) is 5.56 Å². The van der Waals surface area contributed by atoms with Gasteiger partial charge in [0.2, 0.25) is 10.0 Å². The number of halogens is 1. The van der Waals surface area contributed by atoms with E-state index >= 15 is 0 Å². The molecule has 72 valence electrons. The number of hydrogen-bond donors (Lipinski definition) is 2. The van der Waals surface area contributed by atoms with Crippen molar-refractivity contribution in [2.24, 2.45) is 5.14 Å². The van der Waals surface area contributed by atoms with E-state index in [4.69, 9.17) is 22.5 Å². The molecule has 1 aromatic carbocycles. The summed E-state index contributed by atoms with van der Waals surface area (Å²) >= 11 is 5.70. The topological polar surface area (TPSA) is 86.2 Å². The third-order valence-corrected chi connectivity index (χ3v) is 3.14. The quantitative estimate of drug-likeness (QED) is 0.689. The molecule has 0 unspecified atom stereocenters. The highest BCUT2D eigenvalue weighted by Gasteiger charge is 2.15. The first kappa shape index (κ1) is 10.3. The average Bonchev–Trinajstić information content (AvgIpc) is 1.98. The van der Waals surface area contributed by atoms with Crippen LogP contribution in [0.5, 0.6) is 0 Å². The highest BCUT2D eigenvalue weighted by molar-refractivity contribution is 7.89. The smallest absolute Gasteiger partial charge is 0.239 e. The Bertz CT molecular complexity index is 442. The Morgan fingerprint density at radius 2 is 1.92 bits per heavy atom. The van der Waals surface area contributed by atoms with Crippen LogP contribution in [0.15, 0.2) is 17.0 Å². The van der Waals surface area contributed by atoms with Crippen LogP contribution >= 0.6 is 11.6 Å². The molecule has 13 heavy (non-hydrogen) atoms. The highest BCUT2D eigenvalue weighted by atomic mass is 35.5. The van der Waals surface area contributed by atoms with Gasteiger partial charge in [0.05, 0.1) is 10.7 Å². The fraction of sp³-hybridized carbons (Fsp3) is 0.143. The number of aryl methyl sites for hydroxylation is 1. The standard InChI is InChI=1S/C7H9ClN2O2S/c1-4-2-3-5(13(10,11)12)6(8)7(4)9/h2-3H,9H2,1H3,(H2,10,11,12). The molecule has 0 atom stereocenters. The van der Waals surface area contributed by atoms with Gasteiger partial charge in [0.25, 0.3) is 0 Å². The van der Waals surface area contributed by atoms with Crippen LogP contribution in [-0.2, 0) is 10.0 Å². The molecule has 6 heteroatoms. The summed E-state index contributed by atoms with van der Waals surface area (Å²) in [5.41, 5.74) is 6.49. The van der Waals surface area contributed by atoms with Crippen molar-refractivity contribution < 1.29 is 8.42 Å². The first-order valence-corrected chi connectivity index (χ1v) is 5.34. The van der Waals surface area contributed by atoms with Crippen LogP contribution in [0.25, 0.3) is 0 Å². The van der Waals surface area contributed by atoms with Crippen molar-refractivity contribution >= 4 is 27.3 Å². The molecule has 0 amide bonds. The second kappa shape index (κ2) is 3.17. The van der Waals surface area contributed by atoms with Gasteiger partial charge >= 0.3 is 0 Å². The van der Waals surface area contributed by atoms with Crippen LogP contribution in [0, 0.1) is 6.92 Å². The lowest BCUT2D eigenvalue weighted by atomic mass is 10.2. The Morgan fingerprint density at radius 1 is 1.38 bits per heavy atom. The number of benzene rings is 1. The molecule has 0 saturated carbocycles. The molecule has 0 heterocycles. The van der Waals surface area contributed by atoms with Gasteiger partial charge in [-0.1, -0.05) is 17.7 Å². The number of sulfonamides is 1. The number of rotatable bonds is 1. The van der Waals surface area contributed by atoms with Crippen molar-refractivity contribution in [3.8, 4) is 0 Å². The van der Waals surface area contributed by atoms with Gasteiger partial charge in [0.15, 0.2) is 0 Å². The van der Waals surface area contributed by atoms with E-state index in [1.807, 2.05) is 0 Å². The van der Waals surface area contributed by atoms with Crippen LogP contribution in [0.4, 0.5) is 5.69 Å². The number of nitrogens with two attached hydrogens (primary N) is 2. The zero-order chi connectivity index (χ0) is 10.2. The van der Waals surface area contributed by atoms with Crippen molar-refractivity contribution in [2.45, 2.75) is 11.8 Å². The maximum atomic E-state index is 11.0. The van der Waals surface area contributed by atoms with E-state index in [-0.39, 0.29) is 15.6 Å². The van der Waals surface area contributed by atoms with Crippen LogP contribution in [0.2, 0.25) is 5.02 Å². The van der Waals surface area contributed by atoms with Crippen LogP contribution < -0.4 is 10.9 Å². The fourth-order valence-corrected chi connectivity index (χ4v) is 2.04. The monoisotopic (exact) mass is 220 g/mol. The van der Waals surface area contributed by atoms with Gasteiger partial charge in [-0.15, -0.1) is 0 Å². The highest BCUT2D eigenvalue weighted by Crippen LogP contribution is 2.28. The van der Waals surface area contributed by atoms with Crippen LogP contribution in [0.1, 0.15) is 5.56 Å². The van der Waals surface area contributed by atoms with Crippen molar-refractivity contribution in [2.75, 3.05) is 5.73 Å². The molecule has 0 saturated heterocycles. The average molecular weight is 221 g/mol. The molecule has 0 spiro atoms. The van der Waals surface area contributed by atoms with Gasteiger partial charge in [0, 0.05) is 0 Å². The van der Waals surface area contributed by atoms with Gasteiger partial charge in [-0.25, -0.2) is 13.6 Å². The molecule has 4 nitrogen and oxygen atoms in total. The normalized spacial score (nSPS) is 11.6. The van der Waals surface area contributed by atoms with E-state index < -0.39 is 10.0 Å².